The molecule has 1 aliphatic heterocycles. The molecular weight excluding hydrogens is 381 g/mol. The standard InChI is InChI=1S/C13H15N3O8S.Na.H/c14-12(18)23-7-9-10(11(17)16(9)25(20,21)22)15-13(19)24-6-8-4-2-1-3-5-8;;/h1-5,9-10H,6-7H2,(H2,14,18)(H,15,19)(H,20,21,22);;/t9-,10+;;/m1../s1. The normalized spacial score (nSPS) is 19.0. The van der Waals surface area contributed by atoms with Crippen molar-refractivity contribution in [3.8, 4) is 0 Å². The molecule has 1 aliphatic rings. The Morgan fingerprint density at radius 1 is 1.23 bits per heavy atom. The number of rotatable bonds is 6. The van der Waals surface area contributed by atoms with Gasteiger partial charge < -0.3 is 20.5 Å². The van der Waals surface area contributed by atoms with E-state index in [0.717, 1.165) is 0 Å². The fraction of sp³-hybridized carbons (Fsp3) is 0.308. The first-order chi connectivity index (χ1) is 11.7. The van der Waals surface area contributed by atoms with Gasteiger partial charge in [-0.3, -0.25) is 9.35 Å². The van der Waals surface area contributed by atoms with Gasteiger partial charge in [0.15, 0.2) is 0 Å². The molecule has 0 radical (unpaired) electrons. The molecule has 11 nitrogen and oxygen atoms in total. The monoisotopic (exact) mass is 397 g/mol. The summed E-state index contributed by atoms with van der Waals surface area (Å²) in [6, 6.07) is 6.00. The second-order valence-corrected chi connectivity index (χ2v) is 6.28. The third-order valence-electron chi connectivity index (χ3n) is 3.30. The van der Waals surface area contributed by atoms with Crippen LogP contribution in [0.2, 0.25) is 0 Å². The molecule has 1 saturated heterocycles. The second-order valence-electron chi connectivity index (χ2n) is 4.99. The summed E-state index contributed by atoms with van der Waals surface area (Å²) in [6.45, 7) is -0.706. The number of ether oxygens (including phenoxy) is 2. The quantitative estimate of drug-likeness (QED) is 0.304. The van der Waals surface area contributed by atoms with E-state index < -0.39 is 47.1 Å². The number of nitrogens with zero attached hydrogens (tertiary/aromatic N) is 1. The van der Waals surface area contributed by atoms with Crippen molar-refractivity contribution < 1.29 is 36.8 Å². The van der Waals surface area contributed by atoms with Crippen LogP contribution in [0.1, 0.15) is 5.56 Å². The van der Waals surface area contributed by atoms with E-state index in [1.54, 1.807) is 30.3 Å². The van der Waals surface area contributed by atoms with E-state index in [2.05, 4.69) is 10.1 Å². The molecule has 0 aliphatic carbocycles. The first-order valence-electron chi connectivity index (χ1n) is 6.90. The minimum absolute atomic E-state index is 0. The van der Waals surface area contributed by atoms with Crippen LogP contribution in [0.25, 0.3) is 0 Å². The van der Waals surface area contributed by atoms with Crippen molar-refractivity contribution in [1.82, 2.24) is 9.62 Å². The summed E-state index contributed by atoms with van der Waals surface area (Å²) in [4.78, 5) is 34.2. The molecule has 1 heterocycles. The molecule has 4 N–H and O–H groups in total. The molecule has 138 valence electrons. The number of β-lactam (4-membered cyclic amide) rings is 1. The molecule has 0 unspecified atom stereocenters. The van der Waals surface area contributed by atoms with Crippen LogP contribution in [0.4, 0.5) is 9.59 Å². The van der Waals surface area contributed by atoms with E-state index in [0.29, 0.717) is 5.56 Å². The number of amides is 3. The van der Waals surface area contributed by atoms with Gasteiger partial charge in [-0.1, -0.05) is 30.3 Å². The van der Waals surface area contributed by atoms with Crippen LogP contribution in [0.5, 0.6) is 0 Å². The zero-order valence-electron chi connectivity index (χ0n) is 12.7. The van der Waals surface area contributed by atoms with Gasteiger partial charge in [0.1, 0.15) is 25.3 Å². The molecule has 13 heteroatoms. The molecule has 2 atom stereocenters. The third kappa shape index (κ3) is 5.57. The van der Waals surface area contributed by atoms with Gasteiger partial charge in [0.05, 0.1) is 0 Å². The number of carbonyl (C=O) groups excluding carboxylic acids is 3. The summed E-state index contributed by atoms with van der Waals surface area (Å²) >= 11 is 0. The molecule has 0 saturated carbocycles. The SMILES string of the molecule is NC(=O)OC[C@@H]1[C@H](NC(=O)OCc2ccccc2)C(=O)N1S(=O)(=O)O.[NaH]. The number of primary amides is 1. The van der Waals surface area contributed by atoms with Gasteiger partial charge in [-0.2, -0.15) is 8.42 Å². The molecule has 1 aromatic carbocycles. The molecule has 1 aromatic rings. The summed E-state index contributed by atoms with van der Waals surface area (Å²) in [5.41, 5.74) is 5.48. The van der Waals surface area contributed by atoms with Crippen molar-refractivity contribution in [2.45, 2.75) is 18.7 Å². The first-order valence-corrected chi connectivity index (χ1v) is 8.30. The first kappa shape index (κ1) is 22.2. The predicted octanol–water partition coefficient (Wildman–Crippen LogP) is -1.26. The predicted molar refractivity (Wildman–Crippen MR) is 88.4 cm³/mol. The number of nitrogens with two attached hydrogens (primary N) is 1. The van der Waals surface area contributed by atoms with Gasteiger partial charge in [0.25, 0.3) is 5.91 Å². The second kappa shape index (κ2) is 9.19. The summed E-state index contributed by atoms with van der Waals surface area (Å²) < 4.78 is 40.8. The number of carbonyl (C=O) groups is 3. The van der Waals surface area contributed by atoms with Crippen LogP contribution in [0.3, 0.4) is 0 Å². The number of hydrogen-bond acceptors (Lipinski definition) is 7. The van der Waals surface area contributed by atoms with Gasteiger partial charge in [-0.25, -0.2) is 13.9 Å². The fourth-order valence-electron chi connectivity index (χ4n) is 2.18. The van der Waals surface area contributed by atoms with Crippen LogP contribution in [-0.2, 0) is 31.2 Å². The Kier molecular flexibility index (Phi) is 7.84. The molecule has 0 spiro atoms. The summed E-state index contributed by atoms with van der Waals surface area (Å²) in [7, 11) is -4.88. The van der Waals surface area contributed by atoms with Crippen molar-refractivity contribution in [2.24, 2.45) is 5.73 Å². The fourth-order valence-corrected chi connectivity index (χ4v) is 3.05. The average molecular weight is 397 g/mol. The van der Waals surface area contributed by atoms with Crippen LogP contribution >= 0.6 is 0 Å². The summed E-state index contributed by atoms with van der Waals surface area (Å²) in [6.07, 6.45) is -2.19. The Morgan fingerprint density at radius 2 is 1.85 bits per heavy atom. The number of hydrogen-bond donors (Lipinski definition) is 3. The Hall–Kier alpha value is -1.86. The van der Waals surface area contributed by atoms with Crippen molar-refractivity contribution in [2.75, 3.05) is 6.61 Å². The van der Waals surface area contributed by atoms with Crippen molar-refractivity contribution in [3.05, 3.63) is 35.9 Å². The maximum absolute atomic E-state index is 11.8. The molecule has 26 heavy (non-hydrogen) atoms. The number of nitrogens with one attached hydrogen (secondary N) is 1. The topological polar surface area (TPSA) is 165 Å². The van der Waals surface area contributed by atoms with E-state index >= 15 is 0 Å². The van der Waals surface area contributed by atoms with E-state index in [-0.39, 0.29) is 40.5 Å². The van der Waals surface area contributed by atoms with E-state index in [1.807, 2.05) is 0 Å². The Labute approximate surface area is 171 Å². The minimum atomic E-state index is -4.88. The summed E-state index contributed by atoms with van der Waals surface area (Å²) in [5.74, 6) is -1.10. The molecule has 0 aromatic heterocycles. The van der Waals surface area contributed by atoms with Crippen molar-refractivity contribution >= 4 is 58.0 Å². The zero-order chi connectivity index (χ0) is 18.6. The number of benzene rings is 1. The molecular formula is C13H16N3NaO8S. The maximum atomic E-state index is 11.8. The van der Waals surface area contributed by atoms with Gasteiger partial charge in [-0.15, -0.1) is 0 Å². The van der Waals surface area contributed by atoms with Gasteiger partial charge in [0.2, 0.25) is 0 Å². The third-order valence-corrected chi connectivity index (χ3v) is 4.25. The Bertz CT molecular complexity index is 773. The van der Waals surface area contributed by atoms with Crippen molar-refractivity contribution in [3.63, 3.8) is 0 Å². The van der Waals surface area contributed by atoms with E-state index in [9.17, 15) is 22.8 Å². The number of alkyl carbamates (subject to hydrolysis) is 1. The molecule has 2 rings (SSSR count). The van der Waals surface area contributed by atoms with Gasteiger partial charge >= 0.3 is 52.0 Å². The van der Waals surface area contributed by atoms with E-state index in [1.165, 1.54) is 0 Å². The molecule has 3 amide bonds. The van der Waals surface area contributed by atoms with Crippen LogP contribution in [0, 0.1) is 0 Å². The molecule has 0 bridgehead atoms. The Balaban J connectivity index is 0.00000338. The van der Waals surface area contributed by atoms with Crippen LogP contribution in [0.15, 0.2) is 30.3 Å². The van der Waals surface area contributed by atoms with Gasteiger partial charge in [-0.05, 0) is 5.56 Å². The van der Waals surface area contributed by atoms with Crippen LogP contribution < -0.4 is 11.1 Å². The average Bonchev–Trinajstić information content (AvgIpc) is 2.53. The summed E-state index contributed by atoms with van der Waals surface area (Å²) in [5, 5.41) is 2.15. The Morgan fingerprint density at radius 3 is 2.38 bits per heavy atom. The van der Waals surface area contributed by atoms with E-state index in [4.69, 9.17) is 15.0 Å². The van der Waals surface area contributed by atoms with Gasteiger partial charge in [0, 0.05) is 0 Å². The van der Waals surface area contributed by atoms with Crippen molar-refractivity contribution in [1.29, 1.82) is 0 Å². The van der Waals surface area contributed by atoms with Crippen LogP contribution in [-0.4, -0.2) is 83.6 Å². The zero-order valence-corrected chi connectivity index (χ0v) is 13.5. The molecule has 1 fully saturated rings.